The molecular formula is C16H20N2O4. The molecule has 0 N–H and O–H groups in total. The molecule has 2 aliphatic heterocycles. The van der Waals surface area contributed by atoms with Crippen LogP contribution in [0, 0.1) is 17.0 Å². The van der Waals surface area contributed by atoms with E-state index in [2.05, 4.69) is 0 Å². The van der Waals surface area contributed by atoms with E-state index in [0.717, 1.165) is 38.8 Å². The molecule has 2 heterocycles. The number of likely N-dealkylation sites (tertiary alicyclic amines) is 1. The second-order valence-corrected chi connectivity index (χ2v) is 6.02. The molecule has 0 saturated carbocycles. The van der Waals surface area contributed by atoms with Gasteiger partial charge in [-0.1, -0.05) is 0 Å². The van der Waals surface area contributed by atoms with E-state index in [-0.39, 0.29) is 23.7 Å². The zero-order valence-corrected chi connectivity index (χ0v) is 12.7. The third-order valence-electron chi connectivity index (χ3n) is 4.59. The van der Waals surface area contributed by atoms with Crippen LogP contribution >= 0.6 is 0 Å². The van der Waals surface area contributed by atoms with Gasteiger partial charge in [-0.05, 0) is 44.7 Å². The Morgan fingerprint density at radius 1 is 1.36 bits per heavy atom. The first-order chi connectivity index (χ1) is 10.6. The fourth-order valence-corrected chi connectivity index (χ4v) is 3.50. The first-order valence-corrected chi connectivity index (χ1v) is 7.75. The van der Waals surface area contributed by atoms with Crippen molar-refractivity contribution in [3.05, 3.63) is 39.4 Å². The monoisotopic (exact) mass is 304 g/mol. The number of rotatable bonds is 3. The first-order valence-electron chi connectivity index (χ1n) is 7.75. The quantitative estimate of drug-likeness (QED) is 0.635. The molecule has 1 aromatic carbocycles. The topological polar surface area (TPSA) is 72.7 Å². The van der Waals surface area contributed by atoms with Gasteiger partial charge in [0.05, 0.1) is 17.1 Å². The van der Waals surface area contributed by atoms with Crippen LogP contribution in [0.5, 0.6) is 0 Å². The van der Waals surface area contributed by atoms with Crippen molar-refractivity contribution in [3.8, 4) is 0 Å². The summed E-state index contributed by atoms with van der Waals surface area (Å²) in [4.78, 5) is 25.1. The van der Waals surface area contributed by atoms with E-state index >= 15 is 0 Å². The predicted molar refractivity (Wildman–Crippen MR) is 80.9 cm³/mol. The molecule has 2 atom stereocenters. The van der Waals surface area contributed by atoms with Crippen molar-refractivity contribution in [2.45, 2.75) is 44.8 Å². The van der Waals surface area contributed by atoms with Gasteiger partial charge in [-0.25, -0.2) is 0 Å². The number of aryl methyl sites for hydroxylation is 1. The number of carbonyl (C=O) groups is 1. The summed E-state index contributed by atoms with van der Waals surface area (Å²) in [6, 6.07) is 4.73. The van der Waals surface area contributed by atoms with Crippen molar-refractivity contribution in [3.63, 3.8) is 0 Å². The fourth-order valence-electron chi connectivity index (χ4n) is 3.50. The molecule has 0 bridgehead atoms. The summed E-state index contributed by atoms with van der Waals surface area (Å²) in [5.41, 5.74) is 1.09. The van der Waals surface area contributed by atoms with Gasteiger partial charge in [-0.15, -0.1) is 0 Å². The third-order valence-corrected chi connectivity index (χ3v) is 4.59. The average molecular weight is 304 g/mol. The van der Waals surface area contributed by atoms with Gasteiger partial charge in [-0.2, -0.15) is 0 Å². The number of nitro groups is 1. The molecule has 0 radical (unpaired) electrons. The van der Waals surface area contributed by atoms with Crippen LogP contribution in [0.15, 0.2) is 18.2 Å². The van der Waals surface area contributed by atoms with Crippen molar-refractivity contribution in [1.29, 1.82) is 0 Å². The molecule has 0 aromatic heterocycles. The van der Waals surface area contributed by atoms with E-state index < -0.39 is 4.92 Å². The van der Waals surface area contributed by atoms with Gasteiger partial charge in [0.1, 0.15) is 0 Å². The standard InChI is InChI=1S/C16H20N2O4/c1-11-10-12(6-7-13(11)18(20)21)16(19)17-8-2-4-14(17)15-5-3-9-22-15/h6-7,10,14-15H,2-5,8-9H2,1H3/t14-,15-/m1/s1. The second kappa shape index (κ2) is 6.04. The minimum atomic E-state index is -0.422. The van der Waals surface area contributed by atoms with Crippen LogP contribution in [0.1, 0.15) is 41.6 Å². The number of benzene rings is 1. The van der Waals surface area contributed by atoms with E-state index in [1.165, 1.54) is 6.07 Å². The lowest BCUT2D eigenvalue weighted by Gasteiger charge is -2.29. The lowest BCUT2D eigenvalue weighted by Crippen LogP contribution is -2.42. The van der Waals surface area contributed by atoms with Gasteiger partial charge >= 0.3 is 0 Å². The predicted octanol–water partition coefficient (Wildman–Crippen LogP) is 2.69. The van der Waals surface area contributed by atoms with Gasteiger partial charge in [0.25, 0.3) is 11.6 Å². The van der Waals surface area contributed by atoms with Crippen LogP contribution in [0.25, 0.3) is 0 Å². The van der Waals surface area contributed by atoms with Crippen LogP contribution < -0.4 is 0 Å². The molecule has 0 spiro atoms. The van der Waals surface area contributed by atoms with Crippen molar-refractivity contribution in [2.24, 2.45) is 0 Å². The molecule has 2 saturated heterocycles. The highest BCUT2D eigenvalue weighted by atomic mass is 16.6. The Kier molecular flexibility index (Phi) is 4.11. The zero-order valence-electron chi connectivity index (χ0n) is 12.7. The number of nitro benzene ring substituents is 1. The molecule has 1 amide bonds. The number of amides is 1. The molecule has 6 nitrogen and oxygen atoms in total. The Morgan fingerprint density at radius 2 is 2.18 bits per heavy atom. The van der Waals surface area contributed by atoms with Crippen molar-refractivity contribution in [1.82, 2.24) is 4.90 Å². The molecule has 22 heavy (non-hydrogen) atoms. The number of nitrogens with zero attached hydrogens (tertiary/aromatic N) is 2. The minimum Gasteiger partial charge on any atom is -0.376 e. The lowest BCUT2D eigenvalue weighted by molar-refractivity contribution is -0.385. The Hall–Kier alpha value is -1.95. The van der Waals surface area contributed by atoms with Gasteiger partial charge in [0, 0.05) is 30.3 Å². The second-order valence-electron chi connectivity index (χ2n) is 6.02. The van der Waals surface area contributed by atoms with Gasteiger partial charge in [0.15, 0.2) is 0 Å². The van der Waals surface area contributed by atoms with Crippen LogP contribution in [-0.2, 0) is 4.74 Å². The Bertz CT molecular complexity index is 596. The Morgan fingerprint density at radius 3 is 2.82 bits per heavy atom. The summed E-state index contributed by atoms with van der Waals surface area (Å²) >= 11 is 0. The van der Waals surface area contributed by atoms with Gasteiger partial charge < -0.3 is 9.64 Å². The fraction of sp³-hybridized carbons (Fsp3) is 0.562. The van der Waals surface area contributed by atoms with Gasteiger partial charge in [0.2, 0.25) is 0 Å². The summed E-state index contributed by atoms with van der Waals surface area (Å²) < 4.78 is 5.74. The molecule has 2 fully saturated rings. The zero-order chi connectivity index (χ0) is 15.7. The van der Waals surface area contributed by atoms with E-state index in [1.807, 2.05) is 4.90 Å². The molecule has 2 aliphatic rings. The normalized spacial score (nSPS) is 24.7. The summed E-state index contributed by atoms with van der Waals surface area (Å²) in [7, 11) is 0. The molecule has 118 valence electrons. The smallest absolute Gasteiger partial charge is 0.272 e. The summed E-state index contributed by atoms with van der Waals surface area (Å²) in [5, 5.41) is 10.9. The largest absolute Gasteiger partial charge is 0.376 e. The van der Waals surface area contributed by atoms with Gasteiger partial charge in [-0.3, -0.25) is 14.9 Å². The summed E-state index contributed by atoms with van der Waals surface area (Å²) in [5.74, 6) is -0.0454. The van der Waals surface area contributed by atoms with Crippen LogP contribution in [0.3, 0.4) is 0 Å². The summed E-state index contributed by atoms with van der Waals surface area (Å²) in [6.07, 6.45) is 4.17. The maximum Gasteiger partial charge on any atom is 0.272 e. The highest BCUT2D eigenvalue weighted by Gasteiger charge is 2.37. The molecule has 0 aliphatic carbocycles. The third kappa shape index (κ3) is 2.70. The maximum absolute atomic E-state index is 12.7. The maximum atomic E-state index is 12.7. The first kappa shape index (κ1) is 15.0. The average Bonchev–Trinajstić information content (AvgIpc) is 3.16. The van der Waals surface area contributed by atoms with E-state index in [1.54, 1.807) is 19.1 Å². The Labute approximate surface area is 129 Å². The molecule has 6 heteroatoms. The van der Waals surface area contributed by atoms with Crippen LogP contribution in [0.4, 0.5) is 5.69 Å². The van der Waals surface area contributed by atoms with E-state index in [4.69, 9.17) is 4.74 Å². The number of carbonyl (C=O) groups excluding carboxylic acids is 1. The minimum absolute atomic E-state index is 0.0454. The SMILES string of the molecule is Cc1cc(C(=O)N2CCC[C@@H]2[C@H]2CCCO2)ccc1[N+](=O)[O-]. The molecule has 1 aromatic rings. The molecule has 0 unspecified atom stereocenters. The van der Waals surface area contributed by atoms with Crippen molar-refractivity contribution >= 4 is 11.6 Å². The van der Waals surface area contributed by atoms with E-state index in [9.17, 15) is 14.9 Å². The number of hydrogen-bond donors (Lipinski definition) is 0. The van der Waals surface area contributed by atoms with E-state index in [0.29, 0.717) is 11.1 Å². The molecule has 3 rings (SSSR count). The molecular weight excluding hydrogens is 284 g/mol. The highest BCUT2D eigenvalue weighted by Crippen LogP contribution is 2.29. The number of hydrogen-bond acceptors (Lipinski definition) is 4. The van der Waals surface area contributed by atoms with Crippen LogP contribution in [-0.4, -0.2) is 41.0 Å². The van der Waals surface area contributed by atoms with Crippen LogP contribution in [0.2, 0.25) is 0 Å². The highest BCUT2D eigenvalue weighted by molar-refractivity contribution is 5.95. The van der Waals surface area contributed by atoms with Crippen molar-refractivity contribution in [2.75, 3.05) is 13.2 Å². The van der Waals surface area contributed by atoms with Crippen molar-refractivity contribution < 1.29 is 14.5 Å². The summed E-state index contributed by atoms with van der Waals surface area (Å²) in [6.45, 7) is 3.18. The Balaban J connectivity index is 1.80. The lowest BCUT2D eigenvalue weighted by atomic mass is 10.0. The number of ether oxygens (including phenoxy) is 1.